The Labute approximate surface area is 251 Å². The predicted molar refractivity (Wildman–Crippen MR) is 161 cm³/mol. The lowest BCUT2D eigenvalue weighted by molar-refractivity contribution is -0.141. The zero-order valence-corrected chi connectivity index (χ0v) is 26.0. The third-order valence-electron chi connectivity index (χ3n) is 6.67. The van der Waals surface area contributed by atoms with Crippen molar-refractivity contribution in [3.05, 3.63) is 95.1 Å². The highest BCUT2D eigenvalue weighted by Gasteiger charge is 2.36. The molecule has 2 amide bonds. The van der Waals surface area contributed by atoms with E-state index in [9.17, 15) is 31.2 Å². The molecule has 0 bridgehead atoms. The number of aryl methyl sites for hydroxylation is 2. The van der Waals surface area contributed by atoms with E-state index < -0.39 is 51.7 Å². The fourth-order valence-electron chi connectivity index (χ4n) is 4.58. The minimum atomic E-state index is -4.74. The minimum Gasteiger partial charge on any atom is -0.350 e. The smallest absolute Gasteiger partial charge is 0.350 e. The van der Waals surface area contributed by atoms with Crippen LogP contribution >= 0.6 is 0 Å². The summed E-state index contributed by atoms with van der Waals surface area (Å²) in [6.45, 7) is 9.93. The summed E-state index contributed by atoms with van der Waals surface area (Å²) in [4.78, 5) is 28.6. The molecule has 0 aliphatic carbocycles. The molecule has 1 N–H and O–H groups in total. The molecule has 0 fully saturated rings. The zero-order chi connectivity index (χ0) is 32.2. The van der Waals surface area contributed by atoms with Gasteiger partial charge in [-0.15, -0.1) is 0 Å². The van der Waals surface area contributed by atoms with Crippen molar-refractivity contribution in [3.63, 3.8) is 0 Å². The molecule has 0 aromatic heterocycles. The van der Waals surface area contributed by atoms with Gasteiger partial charge in [-0.2, -0.15) is 13.2 Å². The Morgan fingerprint density at radius 3 is 2.07 bits per heavy atom. The fourth-order valence-corrected chi connectivity index (χ4v) is 5.99. The highest BCUT2D eigenvalue weighted by molar-refractivity contribution is 7.92. The lowest BCUT2D eigenvalue weighted by atomic mass is 10.0. The molecule has 3 rings (SSSR count). The van der Waals surface area contributed by atoms with Gasteiger partial charge in [-0.25, -0.2) is 8.42 Å². The van der Waals surface area contributed by atoms with Crippen LogP contribution < -0.4 is 9.62 Å². The number of anilines is 1. The largest absolute Gasteiger partial charge is 0.416 e. The average molecular weight is 618 g/mol. The van der Waals surface area contributed by atoms with Gasteiger partial charge in [-0.3, -0.25) is 13.9 Å². The molecule has 11 heteroatoms. The first-order valence-corrected chi connectivity index (χ1v) is 15.3. The van der Waals surface area contributed by atoms with Gasteiger partial charge in [0.1, 0.15) is 12.6 Å². The van der Waals surface area contributed by atoms with Crippen molar-refractivity contribution < 1.29 is 31.2 Å². The van der Waals surface area contributed by atoms with Gasteiger partial charge in [0.25, 0.3) is 10.0 Å². The topological polar surface area (TPSA) is 86.8 Å². The van der Waals surface area contributed by atoms with Crippen LogP contribution in [0.5, 0.6) is 0 Å². The van der Waals surface area contributed by atoms with Crippen molar-refractivity contribution in [1.82, 2.24) is 10.2 Å². The first-order valence-electron chi connectivity index (χ1n) is 13.9. The molecule has 0 heterocycles. The van der Waals surface area contributed by atoms with Gasteiger partial charge in [0.05, 0.1) is 16.1 Å². The molecule has 232 valence electrons. The third-order valence-corrected chi connectivity index (χ3v) is 8.46. The number of halogens is 3. The van der Waals surface area contributed by atoms with E-state index in [1.807, 2.05) is 19.1 Å². The number of alkyl halides is 3. The second-order valence-electron chi connectivity index (χ2n) is 11.5. The van der Waals surface area contributed by atoms with E-state index >= 15 is 0 Å². The molecule has 0 saturated heterocycles. The summed E-state index contributed by atoms with van der Waals surface area (Å²) >= 11 is 0. The van der Waals surface area contributed by atoms with Crippen LogP contribution in [-0.4, -0.2) is 43.3 Å². The number of amides is 2. The Morgan fingerprint density at radius 1 is 0.884 bits per heavy atom. The van der Waals surface area contributed by atoms with Crippen LogP contribution in [0.4, 0.5) is 18.9 Å². The number of carbonyl (C=O) groups is 2. The van der Waals surface area contributed by atoms with Crippen molar-refractivity contribution >= 4 is 27.5 Å². The highest BCUT2D eigenvalue weighted by Crippen LogP contribution is 2.33. The first-order chi connectivity index (χ1) is 19.9. The Kier molecular flexibility index (Phi) is 10.3. The van der Waals surface area contributed by atoms with Crippen molar-refractivity contribution in [2.24, 2.45) is 0 Å². The van der Waals surface area contributed by atoms with Crippen LogP contribution in [0, 0.1) is 13.8 Å². The Bertz CT molecular complexity index is 1550. The molecule has 43 heavy (non-hydrogen) atoms. The number of hydrogen-bond acceptors (Lipinski definition) is 4. The third kappa shape index (κ3) is 8.82. The molecule has 0 aliphatic rings. The maximum Gasteiger partial charge on any atom is 0.416 e. The van der Waals surface area contributed by atoms with Gasteiger partial charge in [-0.05, 0) is 76.9 Å². The number of carbonyl (C=O) groups excluding carboxylic acids is 2. The van der Waals surface area contributed by atoms with Gasteiger partial charge < -0.3 is 10.2 Å². The maximum absolute atomic E-state index is 14.1. The van der Waals surface area contributed by atoms with E-state index in [0.717, 1.165) is 23.3 Å². The number of benzene rings is 3. The molecule has 3 aromatic carbocycles. The Morgan fingerprint density at radius 2 is 1.51 bits per heavy atom. The molecule has 3 aromatic rings. The second kappa shape index (κ2) is 13.2. The van der Waals surface area contributed by atoms with Crippen LogP contribution in [0.15, 0.2) is 77.7 Å². The summed E-state index contributed by atoms with van der Waals surface area (Å²) in [5.41, 5.74) is 0.412. The van der Waals surface area contributed by atoms with E-state index in [2.05, 4.69) is 5.32 Å². The minimum absolute atomic E-state index is 0.0163. The van der Waals surface area contributed by atoms with Gasteiger partial charge in [0.2, 0.25) is 11.8 Å². The molecule has 7 nitrogen and oxygen atoms in total. The summed E-state index contributed by atoms with van der Waals surface area (Å²) in [6, 6.07) is 16.0. The maximum atomic E-state index is 14.1. The lowest BCUT2D eigenvalue weighted by Gasteiger charge is -2.35. The van der Waals surface area contributed by atoms with Crippen molar-refractivity contribution in [2.45, 2.75) is 77.2 Å². The number of hydrogen-bond donors (Lipinski definition) is 1. The predicted octanol–water partition coefficient (Wildman–Crippen LogP) is 6.24. The number of rotatable bonds is 10. The van der Waals surface area contributed by atoms with E-state index in [0.29, 0.717) is 15.9 Å². The SMILES string of the molecule is CCC(C(=O)NC(C)(C)C)N(Cc1cccc(C)c1)C(=O)CN(c1cccc(C(F)(F)F)c1)S(=O)(=O)c1ccc(C)cc1. The van der Waals surface area contributed by atoms with Crippen LogP contribution in [0.2, 0.25) is 0 Å². The standard InChI is InChI=1S/C32H38F3N3O4S/c1-7-28(30(40)36-31(4,5)6)37(20-24-11-8-10-23(3)18-24)29(39)21-38(26-13-9-12-25(19-26)32(33,34)35)43(41,42)27-16-14-22(2)15-17-27/h8-19,28H,7,20-21H2,1-6H3,(H,36,40). The molecular formula is C32H38F3N3O4S. The van der Waals surface area contributed by atoms with Crippen LogP contribution in [-0.2, 0) is 32.3 Å². The summed E-state index contributed by atoms with van der Waals surface area (Å²) in [7, 11) is -4.50. The van der Waals surface area contributed by atoms with Gasteiger partial charge in [-0.1, -0.05) is 60.5 Å². The van der Waals surface area contributed by atoms with E-state index in [1.54, 1.807) is 58.9 Å². The van der Waals surface area contributed by atoms with Crippen LogP contribution in [0.3, 0.4) is 0 Å². The number of nitrogens with one attached hydrogen (secondary N) is 1. The van der Waals surface area contributed by atoms with Crippen molar-refractivity contribution in [2.75, 3.05) is 10.8 Å². The molecule has 1 atom stereocenters. The van der Waals surface area contributed by atoms with Crippen LogP contribution in [0.25, 0.3) is 0 Å². The first kappa shape index (κ1) is 33.6. The van der Waals surface area contributed by atoms with E-state index in [1.165, 1.54) is 23.1 Å². The molecular weight excluding hydrogens is 579 g/mol. The second-order valence-corrected chi connectivity index (χ2v) is 13.4. The van der Waals surface area contributed by atoms with Gasteiger partial charge in [0, 0.05) is 12.1 Å². The van der Waals surface area contributed by atoms with Crippen molar-refractivity contribution in [3.8, 4) is 0 Å². The van der Waals surface area contributed by atoms with Gasteiger partial charge in [0.15, 0.2) is 0 Å². The molecule has 0 spiro atoms. The average Bonchev–Trinajstić information content (AvgIpc) is 2.90. The monoisotopic (exact) mass is 617 g/mol. The molecule has 0 aliphatic heterocycles. The Hall–Kier alpha value is -3.86. The molecule has 0 saturated carbocycles. The molecule has 0 radical (unpaired) electrons. The zero-order valence-electron chi connectivity index (χ0n) is 25.2. The normalized spacial score (nSPS) is 12.9. The summed E-state index contributed by atoms with van der Waals surface area (Å²) in [5, 5.41) is 2.88. The summed E-state index contributed by atoms with van der Waals surface area (Å²) in [5.74, 6) is -1.17. The Balaban J connectivity index is 2.14. The molecule has 1 unspecified atom stereocenters. The number of sulfonamides is 1. The van der Waals surface area contributed by atoms with Crippen LogP contribution in [0.1, 0.15) is 56.4 Å². The quantitative estimate of drug-likeness (QED) is 0.292. The van der Waals surface area contributed by atoms with Crippen molar-refractivity contribution in [1.29, 1.82) is 0 Å². The fraction of sp³-hybridized carbons (Fsp3) is 0.375. The van der Waals surface area contributed by atoms with E-state index in [-0.39, 0.29) is 23.5 Å². The van der Waals surface area contributed by atoms with E-state index in [4.69, 9.17) is 0 Å². The summed E-state index contributed by atoms with van der Waals surface area (Å²) in [6.07, 6.45) is -4.53. The van der Waals surface area contributed by atoms with Gasteiger partial charge >= 0.3 is 6.18 Å². The summed E-state index contributed by atoms with van der Waals surface area (Å²) < 4.78 is 69.5. The lowest BCUT2D eigenvalue weighted by Crippen LogP contribution is -2.55. The number of nitrogens with zero attached hydrogens (tertiary/aromatic N) is 2. The highest BCUT2D eigenvalue weighted by atomic mass is 32.2.